The third-order valence-electron chi connectivity index (χ3n) is 4.70. The Hall–Kier alpha value is -3.51. The third-order valence-corrected chi connectivity index (χ3v) is 5.58. The van der Waals surface area contributed by atoms with E-state index >= 15 is 0 Å². The smallest absolute Gasteiger partial charge is 0.362 e. The van der Waals surface area contributed by atoms with E-state index in [9.17, 15) is 18.3 Å². The van der Waals surface area contributed by atoms with Crippen molar-refractivity contribution in [2.75, 3.05) is 12.3 Å². The van der Waals surface area contributed by atoms with Gasteiger partial charge in [0.2, 0.25) is 0 Å². The second-order valence-corrected chi connectivity index (χ2v) is 8.07. The number of rotatable bonds is 6. The van der Waals surface area contributed by atoms with Crippen molar-refractivity contribution in [3.8, 4) is 5.75 Å². The van der Waals surface area contributed by atoms with Crippen molar-refractivity contribution < 1.29 is 22.5 Å². The maximum atomic E-state index is 12.1. The molecule has 2 atom stereocenters. The average Bonchev–Trinajstić information content (AvgIpc) is 3.34. The summed E-state index contributed by atoms with van der Waals surface area (Å²) in [5, 5.41) is 9.66. The van der Waals surface area contributed by atoms with Crippen LogP contribution in [0.5, 0.6) is 5.75 Å². The average molecular weight is 430 g/mol. The van der Waals surface area contributed by atoms with Gasteiger partial charge in [0.05, 0.1) is 24.5 Å². The van der Waals surface area contributed by atoms with Crippen LogP contribution < -0.4 is 10.5 Å². The summed E-state index contributed by atoms with van der Waals surface area (Å²) in [5.74, 6) is -1.23. The lowest BCUT2D eigenvalue weighted by Gasteiger charge is -2.14. The molecule has 0 saturated heterocycles. The second kappa shape index (κ2) is 7.72. The number of aromatic hydroxyl groups is 1. The van der Waals surface area contributed by atoms with Crippen molar-refractivity contribution in [1.29, 1.82) is 0 Å². The normalized spacial score (nSPS) is 18.7. The van der Waals surface area contributed by atoms with Gasteiger partial charge in [0.15, 0.2) is 11.5 Å². The summed E-state index contributed by atoms with van der Waals surface area (Å²) in [6, 6.07) is 5.50. The maximum Gasteiger partial charge on any atom is 0.362 e. The zero-order valence-corrected chi connectivity index (χ0v) is 16.4. The molecular formula is C18H18N6O5S. The molecule has 4 rings (SSSR count). The summed E-state index contributed by atoms with van der Waals surface area (Å²) in [6.07, 6.45) is 7.26. The third kappa shape index (κ3) is 3.95. The molecule has 2 aromatic heterocycles. The molecule has 0 unspecified atom stereocenters. The zero-order valence-electron chi connectivity index (χ0n) is 15.5. The minimum Gasteiger partial charge on any atom is -0.507 e. The molecule has 156 valence electrons. The maximum absolute atomic E-state index is 12.1. The van der Waals surface area contributed by atoms with Gasteiger partial charge in [-0.1, -0.05) is 24.3 Å². The van der Waals surface area contributed by atoms with Gasteiger partial charge < -0.3 is 15.4 Å². The second-order valence-electron chi connectivity index (χ2n) is 6.72. The highest BCUT2D eigenvalue weighted by Crippen LogP contribution is 2.31. The van der Waals surface area contributed by atoms with Gasteiger partial charge in [-0.3, -0.25) is 8.98 Å². The number of nitrogens with one attached hydrogen (secondary N) is 1. The molecule has 0 fully saturated rings. The fourth-order valence-corrected chi connectivity index (χ4v) is 3.99. The number of amides is 1. The molecule has 0 spiro atoms. The minimum absolute atomic E-state index is 0.100. The van der Waals surface area contributed by atoms with Crippen LogP contribution in [0.1, 0.15) is 22.8 Å². The van der Waals surface area contributed by atoms with Crippen LogP contribution in [0.4, 0.5) is 5.82 Å². The van der Waals surface area contributed by atoms with Crippen molar-refractivity contribution in [2.24, 2.45) is 5.92 Å². The molecule has 1 aliphatic rings. The van der Waals surface area contributed by atoms with Crippen molar-refractivity contribution in [1.82, 2.24) is 24.2 Å². The van der Waals surface area contributed by atoms with Gasteiger partial charge in [0.1, 0.15) is 17.6 Å². The molecule has 3 aromatic rings. The molecule has 12 heteroatoms. The summed E-state index contributed by atoms with van der Waals surface area (Å²) in [7, 11) is -4.35. The first-order valence-corrected chi connectivity index (χ1v) is 10.4. The lowest BCUT2D eigenvalue weighted by Crippen LogP contribution is -2.33. The molecular weight excluding hydrogens is 412 g/mol. The van der Waals surface area contributed by atoms with E-state index in [1.165, 1.54) is 30.6 Å². The van der Waals surface area contributed by atoms with Crippen molar-refractivity contribution in [3.63, 3.8) is 0 Å². The van der Waals surface area contributed by atoms with Gasteiger partial charge in [-0.05, 0) is 18.6 Å². The molecule has 4 N–H and O–H groups in total. The van der Waals surface area contributed by atoms with E-state index in [1.54, 1.807) is 11.0 Å². The van der Waals surface area contributed by atoms with Crippen LogP contribution in [0.25, 0.3) is 11.2 Å². The van der Waals surface area contributed by atoms with Crippen molar-refractivity contribution in [3.05, 3.63) is 54.6 Å². The monoisotopic (exact) mass is 430 g/mol. The molecule has 1 amide bonds. The predicted molar refractivity (Wildman–Crippen MR) is 106 cm³/mol. The lowest BCUT2D eigenvalue weighted by atomic mass is 10.1. The van der Waals surface area contributed by atoms with E-state index in [4.69, 9.17) is 9.92 Å². The van der Waals surface area contributed by atoms with Gasteiger partial charge in [-0.15, -0.1) is 0 Å². The minimum atomic E-state index is -4.35. The number of hydrogen-bond acceptors (Lipinski definition) is 9. The number of benzene rings is 1. The quantitative estimate of drug-likeness (QED) is 0.483. The first kappa shape index (κ1) is 19.8. The van der Waals surface area contributed by atoms with E-state index in [1.807, 2.05) is 16.7 Å². The van der Waals surface area contributed by atoms with Crippen LogP contribution in [-0.4, -0.2) is 45.6 Å². The highest BCUT2D eigenvalue weighted by Gasteiger charge is 2.26. The van der Waals surface area contributed by atoms with Crippen LogP contribution >= 0.6 is 0 Å². The van der Waals surface area contributed by atoms with Gasteiger partial charge in [0.25, 0.3) is 5.91 Å². The van der Waals surface area contributed by atoms with Crippen molar-refractivity contribution in [2.45, 2.75) is 12.5 Å². The molecule has 0 radical (unpaired) electrons. The van der Waals surface area contributed by atoms with Crippen LogP contribution in [0.3, 0.4) is 0 Å². The molecule has 2 heterocycles. The van der Waals surface area contributed by atoms with Crippen LogP contribution in [0.2, 0.25) is 0 Å². The Balaban J connectivity index is 1.37. The van der Waals surface area contributed by atoms with E-state index in [-0.39, 0.29) is 35.7 Å². The molecule has 0 saturated carbocycles. The lowest BCUT2D eigenvalue weighted by molar-refractivity contribution is 0.0973. The molecule has 30 heavy (non-hydrogen) atoms. The fourth-order valence-electron chi connectivity index (χ4n) is 3.24. The SMILES string of the molecule is Nc1ncnc2c1ncn2[C@H]1C=C[C@@H](COS(=O)(=O)NC(=O)c2ccccc2O)C1. The zero-order chi connectivity index (χ0) is 21.3. The largest absolute Gasteiger partial charge is 0.507 e. The first-order chi connectivity index (χ1) is 14.3. The molecule has 0 aliphatic heterocycles. The van der Waals surface area contributed by atoms with Gasteiger partial charge in [-0.2, -0.15) is 8.42 Å². The number of aromatic nitrogens is 4. The molecule has 11 nitrogen and oxygen atoms in total. The fraction of sp³-hybridized carbons (Fsp3) is 0.222. The Morgan fingerprint density at radius 1 is 1.27 bits per heavy atom. The number of nitrogen functional groups attached to an aromatic ring is 1. The Morgan fingerprint density at radius 3 is 2.87 bits per heavy atom. The van der Waals surface area contributed by atoms with E-state index in [2.05, 4.69) is 15.0 Å². The number of fused-ring (bicyclic) bond motifs is 1. The van der Waals surface area contributed by atoms with E-state index < -0.39 is 16.2 Å². The van der Waals surface area contributed by atoms with E-state index in [0.29, 0.717) is 17.6 Å². The summed E-state index contributed by atoms with van der Waals surface area (Å²) in [4.78, 5) is 24.4. The predicted octanol–water partition coefficient (Wildman–Crippen LogP) is 0.923. The summed E-state index contributed by atoms with van der Waals surface area (Å²) < 4.78 is 32.8. The number of phenolic OH excluding ortho intramolecular Hbond substituents is 1. The number of imidazole rings is 1. The number of allylic oxidation sites excluding steroid dienone is 1. The number of para-hydroxylation sites is 1. The highest BCUT2D eigenvalue weighted by atomic mass is 32.2. The van der Waals surface area contributed by atoms with Gasteiger partial charge in [-0.25, -0.2) is 19.7 Å². The molecule has 1 aromatic carbocycles. The van der Waals surface area contributed by atoms with Crippen LogP contribution in [-0.2, 0) is 14.5 Å². The standard InChI is InChI=1S/C18H18N6O5S/c19-16-15-17(21-9-20-16)24(10-22-15)12-6-5-11(7-12)8-29-30(27,28)23-18(26)13-3-1-2-4-14(13)25/h1-6,9-12,25H,7-8H2,(H,23,26)(H2,19,20,21)/t11-,12+/m1/s1. The Kier molecular flexibility index (Phi) is 5.10. The Labute approximate surface area is 171 Å². The van der Waals surface area contributed by atoms with Crippen LogP contribution in [0, 0.1) is 5.92 Å². The number of anilines is 1. The van der Waals surface area contributed by atoms with Gasteiger partial charge >= 0.3 is 10.3 Å². The number of carbonyl (C=O) groups is 1. The van der Waals surface area contributed by atoms with Crippen molar-refractivity contribution >= 4 is 33.2 Å². The van der Waals surface area contributed by atoms with Gasteiger partial charge in [0, 0.05) is 5.92 Å². The molecule has 1 aliphatic carbocycles. The molecule has 0 bridgehead atoms. The van der Waals surface area contributed by atoms with E-state index in [0.717, 1.165) is 0 Å². The summed E-state index contributed by atoms with van der Waals surface area (Å²) >= 11 is 0. The number of nitrogens with two attached hydrogens (primary N) is 1. The Bertz CT molecular complexity index is 1240. The first-order valence-electron chi connectivity index (χ1n) is 8.95. The topological polar surface area (TPSA) is 162 Å². The summed E-state index contributed by atoms with van der Waals surface area (Å²) in [6.45, 7) is -0.153. The number of phenols is 1. The summed E-state index contributed by atoms with van der Waals surface area (Å²) in [5.41, 5.74) is 6.72. The highest BCUT2D eigenvalue weighted by molar-refractivity contribution is 7.85. The number of hydrogen-bond donors (Lipinski definition) is 3. The van der Waals surface area contributed by atoms with Crippen LogP contribution in [0.15, 0.2) is 49.1 Å². The number of carbonyl (C=O) groups excluding carboxylic acids is 1. The Morgan fingerprint density at radius 2 is 2.07 bits per heavy atom. The number of nitrogens with zero attached hydrogens (tertiary/aromatic N) is 4.